The van der Waals surface area contributed by atoms with Gasteiger partial charge in [0, 0.05) is 0 Å². The lowest BCUT2D eigenvalue weighted by Crippen LogP contribution is -2.41. The van der Waals surface area contributed by atoms with Crippen LogP contribution in [0.15, 0.2) is 0 Å². The van der Waals surface area contributed by atoms with Crippen molar-refractivity contribution in [3.63, 3.8) is 0 Å². The molecule has 0 atom stereocenters. The van der Waals surface area contributed by atoms with Gasteiger partial charge in [0.1, 0.15) is 6.61 Å². The van der Waals surface area contributed by atoms with Crippen molar-refractivity contribution >= 4 is 14.3 Å². The quantitative estimate of drug-likeness (QED) is 0.143. The molecule has 0 aromatic carbocycles. The zero-order chi connectivity index (χ0) is 23.4. The van der Waals surface area contributed by atoms with Crippen LogP contribution in [0.4, 0.5) is 0 Å². The first-order valence-electron chi connectivity index (χ1n) is 10.9. The minimum atomic E-state index is -1.69. The van der Waals surface area contributed by atoms with Gasteiger partial charge in [-0.25, -0.2) is 4.79 Å². The van der Waals surface area contributed by atoms with Crippen LogP contribution in [0.5, 0.6) is 0 Å². The topological polar surface area (TPSA) is 90.9 Å². The highest BCUT2D eigenvalue weighted by molar-refractivity contribution is 6.74. The Morgan fingerprint density at radius 2 is 0.935 bits per heavy atom. The zero-order valence-corrected chi connectivity index (χ0v) is 21.4. The van der Waals surface area contributed by atoms with Crippen LogP contribution in [0.3, 0.4) is 0 Å². The predicted molar refractivity (Wildman–Crippen MR) is 120 cm³/mol. The number of carbonyl (C=O) groups is 1. The molecule has 0 aliphatic carbocycles. The maximum atomic E-state index is 10.8. The summed E-state index contributed by atoms with van der Waals surface area (Å²) in [5.74, 6) is -0.398. The third-order valence-corrected chi connectivity index (χ3v) is 9.34. The van der Waals surface area contributed by atoms with Crippen molar-refractivity contribution in [1.82, 2.24) is 0 Å². The fourth-order valence-electron chi connectivity index (χ4n) is 1.89. The first-order chi connectivity index (χ1) is 14.7. The highest BCUT2D eigenvalue weighted by Gasteiger charge is 2.36. The molecular weight excluding hydrogens is 424 g/mol. The molecule has 186 valence electrons. The van der Waals surface area contributed by atoms with E-state index in [1.54, 1.807) is 0 Å². The van der Waals surface area contributed by atoms with Crippen molar-refractivity contribution in [1.29, 1.82) is 0 Å². The van der Waals surface area contributed by atoms with E-state index in [1.165, 1.54) is 7.11 Å². The minimum absolute atomic E-state index is 0.0587. The molecule has 0 heterocycles. The van der Waals surface area contributed by atoms with E-state index in [1.807, 2.05) is 0 Å². The van der Waals surface area contributed by atoms with Crippen LogP contribution < -0.4 is 0 Å². The van der Waals surface area contributed by atoms with E-state index in [2.05, 4.69) is 38.6 Å². The molecule has 0 aliphatic rings. The number of esters is 1. The second kappa shape index (κ2) is 18.9. The number of hydrogen-bond donors (Lipinski definition) is 0. The number of rotatable bonds is 21. The Kier molecular flexibility index (Phi) is 18.6. The molecular formula is C21H44O9Si. The summed E-state index contributed by atoms with van der Waals surface area (Å²) in [5, 5.41) is 0.220. The molecule has 0 unspecified atom stereocenters. The van der Waals surface area contributed by atoms with Gasteiger partial charge in [0.05, 0.1) is 86.4 Å². The second-order valence-corrected chi connectivity index (χ2v) is 13.1. The summed E-state index contributed by atoms with van der Waals surface area (Å²) >= 11 is 0. The molecule has 0 aliphatic heterocycles. The molecule has 0 saturated carbocycles. The Morgan fingerprint density at radius 1 is 0.613 bits per heavy atom. The number of ether oxygens (including phenoxy) is 7. The van der Waals surface area contributed by atoms with Gasteiger partial charge in [0.2, 0.25) is 0 Å². The van der Waals surface area contributed by atoms with E-state index in [0.29, 0.717) is 79.3 Å². The average molecular weight is 469 g/mol. The lowest BCUT2D eigenvalue weighted by Gasteiger charge is -2.36. The van der Waals surface area contributed by atoms with Crippen molar-refractivity contribution < 1.29 is 42.4 Å². The monoisotopic (exact) mass is 468 g/mol. The van der Waals surface area contributed by atoms with E-state index in [9.17, 15) is 4.79 Å². The fraction of sp³-hybridized carbons (Fsp3) is 0.952. The second-order valence-electron chi connectivity index (χ2n) is 8.30. The average Bonchev–Trinajstić information content (AvgIpc) is 2.71. The summed E-state index contributed by atoms with van der Waals surface area (Å²) < 4.78 is 42.7. The van der Waals surface area contributed by atoms with Crippen LogP contribution in [0, 0.1) is 0 Å². The number of carbonyl (C=O) groups excluding carboxylic acids is 1. The fourth-order valence-corrected chi connectivity index (χ4v) is 2.91. The standard InChI is InChI=1S/C21H44O9Si/c1-21(2,3)31(5,6)30-18-17-28-14-13-26-10-9-24-7-8-25-11-12-27-15-16-29-19-20(22)23-4/h7-19H2,1-6H3. The van der Waals surface area contributed by atoms with Crippen LogP contribution in [-0.4, -0.2) is 107 Å². The molecule has 0 saturated heterocycles. The van der Waals surface area contributed by atoms with Crippen LogP contribution in [0.2, 0.25) is 18.1 Å². The van der Waals surface area contributed by atoms with Gasteiger partial charge in [-0.3, -0.25) is 0 Å². The molecule has 0 bridgehead atoms. The Labute approximate surface area is 189 Å². The van der Waals surface area contributed by atoms with E-state index in [4.69, 9.17) is 32.8 Å². The predicted octanol–water partition coefficient (Wildman–Crippen LogP) is 2.28. The SMILES string of the molecule is COC(=O)COCCOCCOCCOCCOCCOCCO[Si](C)(C)C(C)(C)C. The van der Waals surface area contributed by atoms with Crippen molar-refractivity contribution in [2.24, 2.45) is 0 Å². The van der Waals surface area contributed by atoms with Gasteiger partial charge in [0.15, 0.2) is 8.32 Å². The summed E-state index contributed by atoms with van der Waals surface area (Å²) in [6.45, 7) is 17.2. The molecule has 0 N–H and O–H groups in total. The molecule has 0 fully saturated rings. The first kappa shape index (κ1) is 30.4. The Balaban J connectivity index is 3.20. The molecule has 0 spiro atoms. The van der Waals surface area contributed by atoms with Crippen LogP contribution in [0.25, 0.3) is 0 Å². The lowest BCUT2D eigenvalue weighted by molar-refractivity contribution is -0.146. The van der Waals surface area contributed by atoms with Gasteiger partial charge in [-0.2, -0.15) is 0 Å². The van der Waals surface area contributed by atoms with Gasteiger partial charge in [-0.05, 0) is 18.1 Å². The molecule has 31 heavy (non-hydrogen) atoms. The van der Waals surface area contributed by atoms with Crippen LogP contribution in [-0.2, 0) is 42.4 Å². The minimum Gasteiger partial charge on any atom is -0.467 e. The molecule has 10 heteroatoms. The Bertz CT molecular complexity index is 428. The molecule has 0 aromatic heterocycles. The maximum absolute atomic E-state index is 10.8. The van der Waals surface area contributed by atoms with Gasteiger partial charge < -0.3 is 37.6 Å². The summed E-state index contributed by atoms with van der Waals surface area (Å²) in [6, 6.07) is 0. The normalized spacial score (nSPS) is 12.3. The Hall–Kier alpha value is -0.593. The number of hydrogen-bond acceptors (Lipinski definition) is 9. The van der Waals surface area contributed by atoms with E-state index >= 15 is 0 Å². The molecule has 0 radical (unpaired) electrons. The van der Waals surface area contributed by atoms with E-state index in [-0.39, 0.29) is 11.6 Å². The van der Waals surface area contributed by atoms with E-state index in [0.717, 1.165) is 0 Å². The molecule has 0 amide bonds. The van der Waals surface area contributed by atoms with Crippen molar-refractivity contribution in [2.45, 2.75) is 38.9 Å². The van der Waals surface area contributed by atoms with Crippen molar-refractivity contribution in [3.8, 4) is 0 Å². The summed E-state index contributed by atoms with van der Waals surface area (Å²) in [7, 11) is -0.366. The maximum Gasteiger partial charge on any atom is 0.331 e. The van der Waals surface area contributed by atoms with Crippen LogP contribution >= 0.6 is 0 Å². The zero-order valence-electron chi connectivity index (χ0n) is 20.4. The van der Waals surface area contributed by atoms with Gasteiger partial charge in [0.25, 0.3) is 0 Å². The Morgan fingerprint density at radius 3 is 1.26 bits per heavy atom. The first-order valence-corrected chi connectivity index (χ1v) is 13.8. The largest absolute Gasteiger partial charge is 0.467 e. The smallest absolute Gasteiger partial charge is 0.331 e. The third-order valence-electron chi connectivity index (χ3n) is 4.80. The molecule has 0 rings (SSSR count). The molecule has 0 aromatic rings. The van der Waals surface area contributed by atoms with Gasteiger partial charge in [-0.1, -0.05) is 20.8 Å². The number of methoxy groups -OCH3 is 1. The van der Waals surface area contributed by atoms with Gasteiger partial charge in [-0.15, -0.1) is 0 Å². The van der Waals surface area contributed by atoms with Crippen molar-refractivity contribution in [2.75, 3.05) is 93.0 Å². The highest BCUT2D eigenvalue weighted by Crippen LogP contribution is 2.36. The lowest BCUT2D eigenvalue weighted by atomic mass is 10.2. The third kappa shape index (κ3) is 18.7. The summed E-state index contributed by atoms with van der Waals surface area (Å²) in [6.07, 6.45) is 0. The van der Waals surface area contributed by atoms with Crippen molar-refractivity contribution in [3.05, 3.63) is 0 Å². The summed E-state index contributed by atoms with van der Waals surface area (Å²) in [4.78, 5) is 10.8. The van der Waals surface area contributed by atoms with Crippen LogP contribution in [0.1, 0.15) is 20.8 Å². The summed E-state index contributed by atoms with van der Waals surface area (Å²) in [5.41, 5.74) is 0. The van der Waals surface area contributed by atoms with Gasteiger partial charge >= 0.3 is 5.97 Å². The molecule has 9 nitrogen and oxygen atoms in total. The van der Waals surface area contributed by atoms with E-state index < -0.39 is 14.3 Å². The highest BCUT2D eigenvalue weighted by atomic mass is 28.4.